The minimum atomic E-state index is -0.683. The van der Waals surface area contributed by atoms with Crippen LogP contribution in [0.5, 0.6) is 0 Å². The lowest BCUT2D eigenvalue weighted by atomic mass is 10.0. The maximum absolute atomic E-state index is 12.4. The summed E-state index contributed by atoms with van der Waals surface area (Å²) < 4.78 is 5.41. The normalized spacial score (nSPS) is 12.8. The number of aliphatic hydroxyl groups excluding tert-OH is 2. The summed E-state index contributed by atoms with van der Waals surface area (Å²) in [4.78, 5) is 24.4. The van der Waals surface area contributed by atoms with Crippen molar-refractivity contribution in [2.24, 2.45) is 0 Å². The molecule has 6 heteroatoms. The fourth-order valence-corrected chi connectivity index (χ4v) is 7.16. The summed E-state index contributed by atoms with van der Waals surface area (Å²) in [5.74, 6) is -0.106. The first-order chi connectivity index (χ1) is 26.0. The molecule has 0 spiro atoms. The summed E-state index contributed by atoms with van der Waals surface area (Å²) in [5.41, 5.74) is 0. The van der Waals surface area contributed by atoms with Crippen molar-refractivity contribution in [3.8, 4) is 0 Å². The van der Waals surface area contributed by atoms with Crippen molar-refractivity contribution in [2.45, 2.75) is 264 Å². The molecule has 0 heterocycles. The Morgan fingerprint density at radius 3 is 1.34 bits per heavy atom. The molecule has 0 saturated carbocycles. The van der Waals surface area contributed by atoms with E-state index in [4.69, 9.17) is 4.74 Å². The van der Waals surface area contributed by atoms with Crippen LogP contribution in [0.3, 0.4) is 0 Å². The molecule has 0 fully saturated rings. The second-order valence-corrected chi connectivity index (χ2v) is 16.1. The number of rotatable bonds is 43. The van der Waals surface area contributed by atoms with Gasteiger partial charge in [0.2, 0.25) is 5.91 Å². The van der Waals surface area contributed by atoms with Crippen LogP contribution in [-0.2, 0) is 14.3 Å². The van der Waals surface area contributed by atoms with E-state index in [1.165, 1.54) is 141 Å². The van der Waals surface area contributed by atoms with Crippen molar-refractivity contribution >= 4 is 11.9 Å². The van der Waals surface area contributed by atoms with Gasteiger partial charge < -0.3 is 20.3 Å². The minimum Gasteiger partial charge on any atom is -0.466 e. The van der Waals surface area contributed by atoms with Crippen LogP contribution in [0.25, 0.3) is 0 Å². The van der Waals surface area contributed by atoms with Gasteiger partial charge in [0.15, 0.2) is 0 Å². The number of amides is 1. The number of carbonyl (C=O) groups excluding carboxylic acids is 2. The molecular weight excluding hydrogens is 659 g/mol. The molecule has 6 nitrogen and oxygen atoms in total. The molecule has 0 aromatic heterocycles. The van der Waals surface area contributed by atoms with E-state index in [2.05, 4.69) is 31.3 Å². The number of nitrogens with one attached hydrogen (secondary N) is 1. The summed E-state index contributed by atoms with van der Waals surface area (Å²) in [7, 11) is 0. The lowest BCUT2D eigenvalue weighted by Crippen LogP contribution is -2.45. The number of unbranched alkanes of at least 4 members (excludes halogenated alkanes) is 30. The summed E-state index contributed by atoms with van der Waals surface area (Å²) in [5, 5.41) is 23.1. The number of ether oxygens (including phenoxy) is 1. The van der Waals surface area contributed by atoms with Gasteiger partial charge in [-0.3, -0.25) is 9.59 Å². The molecule has 0 aromatic carbocycles. The van der Waals surface area contributed by atoms with Crippen molar-refractivity contribution in [1.29, 1.82) is 0 Å². The van der Waals surface area contributed by atoms with Gasteiger partial charge in [0.05, 0.1) is 25.4 Å². The first-order valence-corrected chi connectivity index (χ1v) is 23.4. The van der Waals surface area contributed by atoms with Crippen LogP contribution in [0.15, 0.2) is 12.2 Å². The third-order valence-corrected chi connectivity index (χ3v) is 10.8. The SMILES string of the molecule is CCCCCCCCCCCCCCCCC(O)C(CO)NC(=O)CCCCCC/C=C\CCCCOC(=O)CCCCCCCCCCCCCC. The average Bonchev–Trinajstić information content (AvgIpc) is 3.16. The fraction of sp³-hybridized carbons (Fsp3) is 0.915. The maximum Gasteiger partial charge on any atom is 0.305 e. The summed E-state index contributed by atoms with van der Waals surface area (Å²) in [6.07, 6.45) is 47.4. The van der Waals surface area contributed by atoms with Gasteiger partial charge >= 0.3 is 5.97 Å². The smallest absolute Gasteiger partial charge is 0.305 e. The van der Waals surface area contributed by atoms with Gasteiger partial charge in [0.25, 0.3) is 0 Å². The van der Waals surface area contributed by atoms with Crippen molar-refractivity contribution in [2.75, 3.05) is 13.2 Å². The van der Waals surface area contributed by atoms with E-state index in [-0.39, 0.29) is 18.5 Å². The van der Waals surface area contributed by atoms with Gasteiger partial charge in [-0.25, -0.2) is 0 Å². The van der Waals surface area contributed by atoms with Gasteiger partial charge in [0.1, 0.15) is 0 Å². The molecule has 0 saturated heterocycles. The van der Waals surface area contributed by atoms with Crippen LogP contribution in [0.1, 0.15) is 251 Å². The Labute approximate surface area is 329 Å². The zero-order valence-corrected chi connectivity index (χ0v) is 35.5. The lowest BCUT2D eigenvalue weighted by Gasteiger charge is -2.22. The molecule has 53 heavy (non-hydrogen) atoms. The Bertz CT molecular complexity index is 787. The van der Waals surface area contributed by atoms with Crippen molar-refractivity contribution in [1.82, 2.24) is 5.32 Å². The molecule has 0 bridgehead atoms. The van der Waals surface area contributed by atoms with Crippen LogP contribution in [0.2, 0.25) is 0 Å². The monoisotopic (exact) mass is 750 g/mol. The van der Waals surface area contributed by atoms with E-state index < -0.39 is 12.1 Å². The predicted octanol–water partition coefficient (Wildman–Crippen LogP) is 13.4. The minimum absolute atomic E-state index is 0.0358. The molecule has 0 radical (unpaired) electrons. The van der Waals surface area contributed by atoms with Crippen molar-refractivity contribution in [3.63, 3.8) is 0 Å². The lowest BCUT2D eigenvalue weighted by molar-refractivity contribution is -0.143. The molecule has 2 atom stereocenters. The van der Waals surface area contributed by atoms with Gasteiger partial charge in [0, 0.05) is 12.8 Å². The third-order valence-electron chi connectivity index (χ3n) is 10.8. The molecule has 0 aliphatic heterocycles. The number of hydrogen-bond acceptors (Lipinski definition) is 5. The molecule has 3 N–H and O–H groups in total. The summed E-state index contributed by atoms with van der Waals surface area (Å²) in [6.45, 7) is 4.86. The Kier molecular flexibility index (Phi) is 42.2. The van der Waals surface area contributed by atoms with Gasteiger partial charge in [-0.1, -0.05) is 199 Å². The highest BCUT2D eigenvalue weighted by molar-refractivity contribution is 5.76. The fourth-order valence-electron chi connectivity index (χ4n) is 7.16. The third kappa shape index (κ3) is 40.1. The standard InChI is InChI=1S/C47H91NO5/c1-3-5-7-9-11-13-15-17-18-19-23-27-31-35-39-45(50)44(43-49)48-46(51)40-36-32-28-24-21-22-26-30-34-38-42-53-47(52)41-37-33-29-25-20-16-14-12-10-8-6-4-2/h22,26,44-45,49-50H,3-21,23-25,27-43H2,1-2H3,(H,48,51)/b26-22-. The molecule has 0 aliphatic rings. The maximum atomic E-state index is 12.4. The number of carbonyl (C=O) groups is 2. The largest absolute Gasteiger partial charge is 0.466 e. The van der Waals surface area contributed by atoms with Crippen molar-refractivity contribution in [3.05, 3.63) is 12.2 Å². The van der Waals surface area contributed by atoms with E-state index in [0.29, 0.717) is 25.9 Å². The van der Waals surface area contributed by atoms with Crippen LogP contribution in [0.4, 0.5) is 0 Å². The number of esters is 1. The summed E-state index contributed by atoms with van der Waals surface area (Å²) in [6, 6.07) is -0.564. The van der Waals surface area contributed by atoms with E-state index in [9.17, 15) is 19.8 Å². The van der Waals surface area contributed by atoms with Crippen LogP contribution in [-0.4, -0.2) is 47.4 Å². The topological polar surface area (TPSA) is 95.9 Å². The van der Waals surface area contributed by atoms with Gasteiger partial charge in [-0.2, -0.15) is 0 Å². The molecular formula is C47H91NO5. The zero-order chi connectivity index (χ0) is 38.7. The van der Waals surface area contributed by atoms with E-state index in [1.807, 2.05) is 0 Å². The first kappa shape index (κ1) is 51.6. The van der Waals surface area contributed by atoms with E-state index in [1.54, 1.807) is 0 Å². The van der Waals surface area contributed by atoms with E-state index >= 15 is 0 Å². The molecule has 0 rings (SSSR count). The Morgan fingerprint density at radius 2 is 0.887 bits per heavy atom. The first-order valence-electron chi connectivity index (χ1n) is 23.4. The van der Waals surface area contributed by atoms with Crippen LogP contribution in [0, 0.1) is 0 Å². The molecule has 314 valence electrons. The average molecular weight is 750 g/mol. The molecule has 0 aliphatic carbocycles. The number of allylic oxidation sites excluding steroid dienone is 2. The second-order valence-electron chi connectivity index (χ2n) is 16.1. The highest BCUT2D eigenvalue weighted by Gasteiger charge is 2.20. The van der Waals surface area contributed by atoms with Crippen molar-refractivity contribution < 1.29 is 24.5 Å². The molecule has 2 unspecified atom stereocenters. The molecule has 1 amide bonds. The molecule has 0 aromatic rings. The van der Waals surface area contributed by atoms with E-state index in [0.717, 1.165) is 77.0 Å². The Morgan fingerprint density at radius 1 is 0.509 bits per heavy atom. The highest BCUT2D eigenvalue weighted by Crippen LogP contribution is 2.16. The zero-order valence-electron chi connectivity index (χ0n) is 35.5. The van der Waals surface area contributed by atoms with Gasteiger partial charge in [-0.15, -0.1) is 0 Å². The van der Waals surface area contributed by atoms with Crippen LogP contribution >= 0.6 is 0 Å². The van der Waals surface area contributed by atoms with Gasteiger partial charge in [-0.05, 0) is 51.4 Å². The predicted molar refractivity (Wildman–Crippen MR) is 227 cm³/mol. The second kappa shape index (κ2) is 43.3. The quantitative estimate of drug-likeness (QED) is 0.0328. The van der Waals surface area contributed by atoms with Crippen LogP contribution < -0.4 is 5.32 Å². The number of hydrogen-bond donors (Lipinski definition) is 3. The highest BCUT2D eigenvalue weighted by atomic mass is 16.5. The number of aliphatic hydroxyl groups is 2. The Balaban J connectivity index is 3.54. The Hall–Kier alpha value is -1.40. The summed E-state index contributed by atoms with van der Waals surface area (Å²) >= 11 is 0.